The van der Waals surface area contributed by atoms with E-state index in [0.717, 1.165) is 22.8 Å². The van der Waals surface area contributed by atoms with Crippen LogP contribution in [0, 0.1) is 0 Å². The van der Waals surface area contributed by atoms with Crippen LogP contribution < -0.4 is 4.74 Å². The van der Waals surface area contributed by atoms with Gasteiger partial charge in [0.15, 0.2) is 10.9 Å². The number of hydrogen-bond donors (Lipinski definition) is 0. The Hall–Kier alpha value is -4.05. The first-order valence-corrected chi connectivity index (χ1v) is 13.6. The van der Waals surface area contributed by atoms with Crippen LogP contribution in [0.25, 0.3) is 5.69 Å². The molecule has 2 amide bonds. The third-order valence-corrected chi connectivity index (χ3v) is 7.20. The number of ether oxygens (including phenoxy) is 1. The molecule has 0 bridgehead atoms. The maximum Gasteiger partial charge on any atom is 0.289 e. The van der Waals surface area contributed by atoms with Gasteiger partial charge in [0.1, 0.15) is 11.6 Å². The van der Waals surface area contributed by atoms with Crippen molar-refractivity contribution in [3.63, 3.8) is 0 Å². The molecule has 1 aliphatic rings. The maximum atomic E-state index is 13.0. The van der Waals surface area contributed by atoms with Crippen LogP contribution in [0.5, 0.6) is 5.75 Å². The summed E-state index contributed by atoms with van der Waals surface area (Å²) in [6.07, 6.45) is 2.10. The van der Waals surface area contributed by atoms with Crippen molar-refractivity contribution in [1.82, 2.24) is 24.6 Å². The summed E-state index contributed by atoms with van der Waals surface area (Å²) in [5, 5.41) is 9.57. The molecule has 3 heterocycles. The highest BCUT2D eigenvalue weighted by Crippen LogP contribution is 2.26. The quantitative estimate of drug-likeness (QED) is 0.302. The second kappa shape index (κ2) is 12.0. The minimum absolute atomic E-state index is 0.00551. The number of hydrogen-bond acceptors (Lipinski definition) is 7. The summed E-state index contributed by atoms with van der Waals surface area (Å²) in [5.74, 6) is 1.99. The fourth-order valence-electron chi connectivity index (χ4n) is 4.34. The van der Waals surface area contributed by atoms with E-state index in [0.29, 0.717) is 50.1 Å². The van der Waals surface area contributed by atoms with Crippen LogP contribution in [-0.4, -0.2) is 74.9 Å². The molecule has 2 aromatic heterocycles. The molecular formula is C28H29N5O4S. The molecule has 0 unspecified atom stereocenters. The average Bonchev–Trinajstić information content (AvgIpc) is 3.63. The van der Waals surface area contributed by atoms with Crippen molar-refractivity contribution in [3.8, 4) is 11.4 Å². The van der Waals surface area contributed by atoms with Crippen LogP contribution in [0.1, 0.15) is 28.9 Å². The van der Waals surface area contributed by atoms with Crippen LogP contribution >= 0.6 is 11.8 Å². The summed E-state index contributed by atoms with van der Waals surface area (Å²) in [6, 6.07) is 21.3. The highest BCUT2D eigenvalue weighted by Gasteiger charge is 2.26. The Bertz CT molecular complexity index is 1350. The van der Waals surface area contributed by atoms with E-state index in [1.807, 2.05) is 54.0 Å². The van der Waals surface area contributed by atoms with E-state index in [4.69, 9.17) is 9.15 Å². The number of nitrogens with zero attached hydrogens (tertiary/aromatic N) is 5. The van der Waals surface area contributed by atoms with Crippen molar-refractivity contribution in [1.29, 1.82) is 0 Å². The molecule has 0 saturated carbocycles. The van der Waals surface area contributed by atoms with E-state index in [2.05, 4.69) is 22.3 Å². The second-order valence-corrected chi connectivity index (χ2v) is 9.70. The molecule has 38 heavy (non-hydrogen) atoms. The van der Waals surface area contributed by atoms with Crippen molar-refractivity contribution >= 4 is 23.6 Å². The van der Waals surface area contributed by atoms with Crippen molar-refractivity contribution in [3.05, 3.63) is 90.1 Å². The lowest BCUT2D eigenvalue weighted by atomic mass is 10.1. The molecule has 2 aromatic carbocycles. The first-order valence-electron chi connectivity index (χ1n) is 12.6. The fourth-order valence-corrected chi connectivity index (χ4v) is 5.21. The van der Waals surface area contributed by atoms with Gasteiger partial charge in [0.25, 0.3) is 5.91 Å². The van der Waals surface area contributed by atoms with Crippen molar-refractivity contribution < 1.29 is 18.7 Å². The predicted octanol–water partition coefficient (Wildman–Crippen LogP) is 3.93. The topological polar surface area (TPSA) is 93.7 Å². The summed E-state index contributed by atoms with van der Waals surface area (Å²) in [7, 11) is 0. The van der Waals surface area contributed by atoms with Crippen LogP contribution in [0.3, 0.4) is 0 Å². The van der Waals surface area contributed by atoms with Gasteiger partial charge in [0.2, 0.25) is 5.91 Å². The third kappa shape index (κ3) is 5.91. The lowest BCUT2D eigenvalue weighted by Gasteiger charge is -2.34. The summed E-state index contributed by atoms with van der Waals surface area (Å²) in [6.45, 7) is 4.46. The number of thioether (sulfide) groups is 1. The first-order chi connectivity index (χ1) is 18.6. The Morgan fingerprint density at radius 1 is 0.921 bits per heavy atom. The second-order valence-electron chi connectivity index (χ2n) is 8.76. The normalized spacial score (nSPS) is 13.5. The largest absolute Gasteiger partial charge is 0.494 e. The van der Waals surface area contributed by atoms with Crippen molar-refractivity contribution in [2.45, 2.75) is 18.5 Å². The molecule has 4 aromatic rings. The fraction of sp³-hybridized carbons (Fsp3) is 0.286. The van der Waals surface area contributed by atoms with E-state index >= 15 is 0 Å². The highest BCUT2D eigenvalue weighted by molar-refractivity contribution is 7.99. The molecule has 0 aliphatic carbocycles. The molecular weight excluding hydrogens is 502 g/mol. The standard InChI is InChI=1S/C28H29N5O4S/c1-2-36-23-12-10-22(11-13-23)33-25(19-21-7-4-3-5-8-21)29-30-28(33)38-20-26(34)31-14-16-32(17-15-31)27(35)24-9-6-18-37-24/h3-13,18H,2,14-17,19-20H2,1H3. The summed E-state index contributed by atoms with van der Waals surface area (Å²) in [5.41, 5.74) is 2.03. The lowest BCUT2D eigenvalue weighted by molar-refractivity contribution is -0.129. The van der Waals surface area contributed by atoms with E-state index < -0.39 is 0 Å². The molecule has 0 radical (unpaired) electrons. The van der Waals surface area contributed by atoms with Gasteiger partial charge < -0.3 is 19.0 Å². The molecule has 1 fully saturated rings. The molecule has 0 spiro atoms. The van der Waals surface area contributed by atoms with Crippen molar-refractivity contribution in [2.75, 3.05) is 38.5 Å². The molecule has 10 heteroatoms. The molecule has 0 atom stereocenters. The number of benzene rings is 2. The highest BCUT2D eigenvalue weighted by atomic mass is 32.2. The van der Waals surface area contributed by atoms with E-state index in [9.17, 15) is 9.59 Å². The minimum atomic E-state index is -0.147. The van der Waals surface area contributed by atoms with E-state index in [1.165, 1.54) is 18.0 Å². The van der Waals surface area contributed by atoms with Crippen molar-refractivity contribution in [2.24, 2.45) is 0 Å². The van der Waals surface area contributed by atoms with Crippen LogP contribution in [-0.2, 0) is 11.2 Å². The van der Waals surface area contributed by atoms with Gasteiger partial charge in [-0.1, -0.05) is 42.1 Å². The molecule has 0 N–H and O–H groups in total. The Morgan fingerprint density at radius 2 is 1.66 bits per heavy atom. The van der Waals surface area contributed by atoms with Gasteiger partial charge >= 0.3 is 0 Å². The Kier molecular flexibility index (Phi) is 8.08. The summed E-state index contributed by atoms with van der Waals surface area (Å²) >= 11 is 1.37. The van der Waals surface area contributed by atoms with Gasteiger partial charge in [-0.15, -0.1) is 10.2 Å². The Balaban J connectivity index is 1.26. The number of carbonyl (C=O) groups excluding carboxylic acids is 2. The van der Waals surface area contributed by atoms with Crippen LogP contribution in [0.4, 0.5) is 0 Å². The average molecular weight is 532 g/mol. The number of carbonyl (C=O) groups is 2. The molecule has 5 rings (SSSR count). The minimum Gasteiger partial charge on any atom is -0.494 e. The van der Waals surface area contributed by atoms with Gasteiger partial charge in [0.05, 0.1) is 18.6 Å². The Labute approximate surface area is 225 Å². The number of rotatable bonds is 9. The predicted molar refractivity (Wildman–Crippen MR) is 144 cm³/mol. The molecule has 196 valence electrons. The van der Waals surface area contributed by atoms with E-state index in [1.54, 1.807) is 21.9 Å². The van der Waals surface area contributed by atoms with E-state index in [-0.39, 0.29) is 17.6 Å². The number of aromatic nitrogens is 3. The van der Waals surface area contributed by atoms with Gasteiger partial charge in [-0.25, -0.2) is 0 Å². The number of amides is 2. The monoisotopic (exact) mass is 531 g/mol. The van der Waals surface area contributed by atoms with Gasteiger partial charge in [-0.3, -0.25) is 14.2 Å². The molecule has 1 aliphatic heterocycles. The zero-order chi connectivity index (χ0) is 26.3. The molecule has 9 nitrogen and oxygen atoms in total. The Morgan fingerprint density at radius 3 is 2.34 bits per heavy atom. The molecule has 1 saturated heterocycles. The summed E-state index contributed by atoms with van der Waals surface area (Å²) < 4.78 is 12.8. The first kappa shape index (κ1) is 25.6. The van der Waals surface area contributed by atoms with Crippen LogP contribution in [0.2, 0.25) is 0 Å². The smallest absolute Gasteiger partial charge is 0.289 e. The SMILES string of the molecule is CCOc1ccc(-n2c(Cc3ccccc3)nnc2SCC(=O)N2CCN(C(=O)c3ccco3)CC2)cc1. The maximum absolute atomic E-state index is 13.0. The van der Waals surface area contributed by atoms with Gasteiger partial charge in [-0.2, -0.15) is 0 Å². The summed E-state index contributed by atoms with van der Waals surface area (Å²) in [4.78, 5) is 29.1. The zero-order valence-corrected chi connectivity index (χ0v) is 22.0. The third-order valence-electron chi connectivity index (χ3n) is 6.29. The van der Waals surface area contributed by atoms with Gasteiger partial charge in [-0.05, 0) is 48.9 Å². The van der Waals surface area contributed by atoms with Crippen LogP contribution in [0.15, 0.2) is 82.6 Å². The lowest BCUT2D eigenvalue weighted by Crippen LogP contribution is -2.51. The number of piperazine rings is 1. The van der Waals surface area contributed by atoms with Gasteiger partial charge in [0, 0.05) is 38.3 Å². The zero-order valence-electron chi connectivity index (χ0n) is 21.2. The number of furan rings is 1.